The molecule has 2 heterocycles. The second kappa shape index (κ2) is 8.39. The topological polar surface area (TPSA) is 67.3 Å². The van der Waals surface area contributed by atoms with Crippen LogP contribution in [0.1, 0.15) is 49.3 Å². The summed E-state index contributed by atoms with van der Waals surface area (Å²) in [7, 11) is -3.73. The summed E-state index contributed by atoms with van der Waals surface area (Å²) in [6.07, 6.45) is 3.01. The van der Waals surface area contributed by atoms with Crippen LogP contribution < -0.4 is 0 Å². The van der Waals surface area contributed by atoms with Gasteiger partial charge in [0.1, 0.15) is 5.69 Å². The van der Waals surface area contributed by atoms with Crippen LogP contribution in [0.15, 0.2) is 41.3 Å². The van der Waals surface area contributed by atoms with E-state index in [1.807, 2.05) is 18.7 Å². The Kier molecular flexibility index (Phi) is 6.32. The molecule has 2 unspecified atom stereocenters. The second-order valence-corrected chi connectivity index (χ2v) is 9.99. The maximum atomic E-state index is 13.0. The smallest absolute Gasteiger partial charge is 0.272 e. The molecule has 150 valence electrons. The molecule has 1 aromatic carbocycles. The van der Waals surface area contributed by atoms with Crippen molar-refractivity contribution in [3.05, 3.63) is 57.8 Å². The number of sulfone groups is 1. The minimum absolute atomic E-state index is 0.00429. The lowest BCUT2D eigenvalue weighted by molar-refractivity contribution is 0.0504. The van der Waals surface area contributed by atoms with E-state index in [-0.39, 0.29) is 39.4 Å². The van der Waals surface area contributed by atoms with E-state index in [9.17, 15) is 13.2 Å². The van der Waals surface area contributed by atoms with Crippen molar-refractivity contribution in [1.82, 2.24) is 9.88 Å². The molecule has 3 rings (SSSR count). The fraction of sp³-hybridized carbons (Fsp3) is 0.400. The fourth-order valence-corrected chi connectivity index (χ4v) is 5.73. The van der Waals surface area contributed by atoms with Gasteiger partial charge in [-0.2, -0.15) is 0 Å². The zero-order valence-electron chi connectivity index (χ0n) is 15.7. The van der Waals surface area contributed by atoms with Crippen LogP contribution in [0, 0.1) is 0 Å². The molecular weight excluding hydrogens is 419 g/mol. The number of nitrogens with zero attached hydrogens (tertiary/aromatic N) is 2. The maximum absolute atomic E-state index is 13.0. The molecule has 0 spiro atoms. The first kappa shape index (κ1) is 21.1. The molecule has 0 aliphatic carbocycles. The average molecular weight is 441 g/mol. The van der Waals surface area contributed by atoms with Gasteiger partial charge in [0.2, 0.25) is 0 Å². The summed E-state index contributed by atoms with van der Waals surface area (Å²) in [5.74, 6) is -0.510. The van der Waals surface area contributed by atoms with Crippen LogP contribution in [0.5, 0.6) is 0 Å². The molecule has 0 radical (unpaired) electrons. The Morgan fingerprint density at radius 2 is 1.82 bits per heavy atom. The lowest BCUT2D eigenvalue weighted by atomic mass is 9.97. The van der Waals surface area contributed by atoms with Crippen molar-refractivity contribution in [2.45, 2.75) is 55.8 Å². The van der Waals surface area contributed by atoms with Gasteiger partial charge in [0.05, 0.1) is 21.4 Å². The van der Waals surface area contributed by atoms with Gasteiger partial charge in [0, 0.05) is 17.1 Å². The number of halogens is 2. The normalized spacial score (nSPS) is 20.2. The number of carbonyl (C=O) groups is 1. The number of amides is 1. The molecule has 1 aliphatic rings. The highest BCUT2D eigenvalue weighted by Crippen LogP contribution is 2.28. The standard InChI is InChI=1S/C20H22Cl2N2O3S/c1-13-5-3-6-14(2)24(13)20(25)18-8-4-7-16(23-18)12-28(26,27)19-10-9-15(21)11-17(19)22/h4,7-11,13-14H,3,5-6,12H2,1-2H3. The Balaban J connectivity index is 1.86. The number of pyridine rings is 1. The number of likely N-dealkylation sites (tertiary alicyclic amines) is 1. The summed E-state index contributed by atoms with van der Waals surface area (Å²) in [4.78, 5) is 19.2. The molecule has 1 saturated heterocycles. The van der Waals surface area contributed by atoms with Gasteiger partial charge in [-0.25, -0.2) is 13.4 Å². The molecule has 28 heavy (non-hydrogen) atoms. The number of rotatable bonds is 4. The third-order valence-electron chi connectivity index (χ3n) is 5.02. The highest BCUT2D eigenvalue weighted by molar-refractivity contribution is 7.90. The Bertz CT molecular complexity index is 985. The number of hydrogen-bond donors (Lipinski definition) is 0. The van der Waals surface area contributed by atoms with Gasteiger partial charge in [0.25, 0.3) is 5.91 Å². The van der Waals surface area contributed by atoms with E-state index in [0.717, 1.165) is 19.3 Å². The quantitative estimate of drug-likeness (QED) is 0.686. The summed E-state index contributed by atoms with van der Waals surface area (Å²) in [5, 5.41) is 0.426. The molecule has 8 heteroatoms. The van der Waals surface area contributed by atoms with Crippen LogP contribution in [0.2, 0.25) is 10.0 Å². The largest absolute Gasteiger partial charge is 0.332 e. The third-order valence-corrected chi connectivity index (χ3v) is 7.38. The third kappa shape index (κ3) is 4.50. The maximum Gasteiger partial charge on any atom is 0.272 e. The predicted molar refractivity (Wildman–Crippen MR) is 111 cm³/mol. The van der Waals surface area contributed by atoms with Crippen molar-refractivity contribution < 1.29 is 13.2 Å². The number of aromatic nitrogens is 1. The number of hydrogen-bond acceptors (Lipinski definition) is 4. The average Bonchev–Trinajstić information content (AvgIpc) is 2.61. The lowest BCUT2D eigenvalue weighted by Gasteiger charge is -2.38. The molecule has 0 saturated carbocycles. The van der Waals surface area contributed by atoms with E-state index >= 15 is 0 Å². The zero-order valence-corrected chi connectivity index (χ0v) is 18.1. The fourth-order valence-electron chi connectivity index (χ4n) is 3.63. The summed E-state index contributed by atoms with van der Waals surface area (Å²) in [6, 6.07) is 9.41. The van der Waals surface area contributed by atoms with Crippen LogP contribution in [-0.2, 0) is 15.6 Å². The van der Waals surface area contributed by atoms with Crippen molar-refractivity contribution in [3.63, 3.8) is 0 Å². The molecule has 0 bridgehead atoms. The Labute approximate surface area is 175 Å². The second-order valence-electron chi connectivity index (χ2n) is 7.19. The minimum Gasteiger partial charge on any atom is -0.332 e. The summed E-state index contributed by atoms with van der Waals surface area (Å²) in [5.41, 5.74) is 0.560. The van der Waals surface area contributed by atoms with Crippen LogP contribution in [0.25, 0.3) is 0 Å². The van der Waals surface area contributed by atoms with Crippen molar-refractivity contribution in [1.29, 1.82) is 0 Å². The molecule has 2 aromatic rings. The lowest BCUT2D eigenvalue weighted by Crippen LogP contribution is -2.47. The van der Waals surface area contributed by atoms with Crippen molar-refractivity contribution in [3.8, 4) is 0 Å². The molecule has 0 N–H and O–H groups in total. The number of carbonyl (C=O) groups excluding carboxylic acids is 1. The molecule has 1 amide bonds. The monoisotopic (exact) mass is 440 g/mol. The van der Waals surface area contributed by atoms with Gasteiger partial charge in [0.15, 0.2) is 9.84 Å². The van der Waals surface area contributed by atoms with Gasteiger partial charge >= 0.3 is 0 Å². The molecular formula is C20H22Cl2N2O3S. The highest BCUT2D eigenvalue weighted by atomic mass is 35.5. The minimum atomic E-state index is -3.73. The van der Waals surface area contributed by atoms with E-state index in [0.29, 0.717) is 10.7 Å². The zero-order chi connectivity index (χ0) is 20.5. The number of piperidine rings is 1. The Morgan fingerprint density at radius 3 is 2.46 bits per heavy atom. The molecule has 1 fully saturated rings. The van der Waals surface area contributed by atoms with Crippen LogP contribution in [-0.4, -0.2) is 36.3 Å². The molecule has 1 aromatic heterocycles. The van der Waals surface area contributed by atoms with E-state index in [4.69, 9.17) is 23.2 Å². The first-order valence-corrected chi connectivity index (χ1v) is 11.6. The molecule has 1 aliphatic heterocycles. The van der Waals surface area contributed by atoms with Gasteiger partial charge in [-0.05, 0) is 63.4 Å². The Morgan fingerprint density at radius 1 is 1.14 bits per heavy atom. The Hall–Kier alpha value is -1.63. The predicted octanol–water partition coefficient (Wildman–Crippen LogP) is 4.77. The SMILES string of the molecule is CC1CCCC(C)N1C(=O)c1cccc(CS(=O)(=O)c2ccc(Cl)cc2Cl)n1. The molecule has 2 atom stereocenters. The van der Waals surface area contributed by atoms with Gasteiger partial charge in [-0.15, -0.1) is 0 Å². The van der Waals surface area contributed by atoms with Crippen molar-refractivity contribution in [2.75, 3.05) is 0 Å². The van der Waals surface area contributed by atoms with E-state index in [1.54, 1.807) is 18.2 Å². The van der Waals surface area contributed by atoms with Crippen molar-refractivity contribution in [2.24, 2.45) is 0 Å². The first-order chi connectivity index (χ1) is 13.2. The van der Waals surface area contributed by atoms with Crippen LogP contribution in [0.4, 0.5) is 0 Å². The van der Waals surface area contributed by atoms with Gasteiger partial charge in [-0.3, -0.25) is 4.79 Å². The molecule has 5 nitrogen and oxygen atoms in total. The van der Waals surface area contributed by atoms with Crippen molar-refractivity contribution >= 4 is 38.9 Å². The highest BCUT2D eigenvalue weighted by Gasteiger charge is 2.30. The summed E-state index contributed by atoms with van der Waals surface area (Å²) >= 11 is 11.9. The van der Waals surface area contributed by atoms with Gasteiger partial charge in [-0.1, -0.05) is 29.3 Å². The van der Waals surface area contributed by atoms with E-state index < -0.39 is 9.84 Å². The first-order valence-electron chi connectivity index (χ1n) is 9.15. The van der Waals surface area contributed by atoms with Crippen LogP contribution in [0.3, 0.4) is 0 Å². The van der Waals surface area contributed by atoms with E-state index in [1.165, 1.54) is 18.2 Å². The van der Waals surface area contributed by atoms with Gasteiger partial charge < -0.3 is 4.90 Å². The summed E-state index contributed by atoms with van der Waals surface area (Å²) in [6.45, 7) is 4.06. The van der Waals surface area contributed by atoms with Crippen LogP contribution >= 0.6 is 23.2 Å². The summed E-state index contributed by atoms with van der Waals surface area (Å²) < 4.78 is 25.5. The number of benzene rings is 1. The van der Waals surface area contributed by atoms with E-state index in [2.05, 4.69) is 4.98 Å².